The summed E-state index contributed by atoms with van der Waals surface area (Å²) in [6.45, 7) is 0. The van der Waals surface area contributed by atoms with Gasteiger partial charge in [-0.05, 0) is 34.0 Å². The lowest BCUT2D eigenvalue weighted by Crippen LogP contribution is -2.03. The van der Waals surface area contributed by atoms with Gasteiger partial charge in [0.2, 0.25) is 5.75 Å². The van der Waals surface area contributed by atoms with Gasteiger partial charge in [0.1, 0.15) is 6.10 Å². The molecule has 0 fully saturated rings. The van der Waals surface area contributed by atoms with Gasteiger partial charge < -0.3 is 19.3 Å². The van der Waals surface area contributed by atoms with E-state index in [0.717, 1.165) is 16.3 Å². The zero-order valence-electron chi connectivity index (χ0n) is 13.9. The van der Waals surface area contributed by atoms with Gasteiger partial charge in [-0.2, -0.15) is 0 Å². The highest BCUT2D eigenvalue weighted by molar-refractivity contribution is 5.86. The Morgan fingerprint density at radius 3 is 2.04 bits per heavy atom. The molecule has 4 nitrogen and oxygen atoms in total. The predicted octanol–water partition coefficient (Wildman–Crippen LogP) is 3.95. The standard InChI is InChI=1S/C20H20O4/c1-22-17-11-14(12-18(23-2)20(17)24-3)19(21)16-10-6-8-13-7-4-5-9-15(13)16/h4-12,19,21H,1-3H3. The monoisotopic (exact) mass is 324 g/mol. The lowest BCUT2D eigenvalue weighted by molar-refractivity contribution is 0.220. The molecule has 0 saturated carbocycles. The Labute approximate surface area is 141 Å². The smallest absolute Gasteiger partial charge is 0.203 e. The second kappa shape index (κ2) is 6.81. The van der Waals surface area contributed by atoms with Crippen molar-refractivity contribution in [2.24, 2.45) is 0 Å². The van der Waals surface area contributed by atoms with Crippen LogP contribution in [0.5, 0.6) is 17.2 Å². The number of benzene rings is 3. The Balaban J connectivity index is 2.14. The fourth-order valence-corrected chi connectivity index (χ4v) is 2.93. The first-order chi connectivity index (χ1) is 11.7. The highest BCUT2D eigenvalue weighted by Crippen LogP contribution is 2.41. The number of rotatable bonds is 5. The van der Waals surface area contributed by atoms with Crippen molar-refractivity contribution < 1.29 is 19.3 Å². The molecule has 3 rings (SSSR count). The third kappa shape index (κ3) is 2.76. The normalized spacial score (nSPS) is 12.0. The van der Waals surface area contributed by atoms with Crippen molar-refractivity contribution in [2.45, 2.75) is 6.10 Å². The maximum atomic E-state index is 10.9. The number of fused-ring (bicyclic) bond motifs is 1. The topological polar surface area (TPSA) is 47.9 Å². The Bertz CT molecular complexity index is 827. The average Bonchev–Trinajstić information content (AvgIpc) is 2.65. The molecule has 3 aromatic carbocycles. The fraction of sp³-hybridized carbons (Fsp3) is 0.200. The molecule has 1 unspecified atom stereocenters. The minimum atomic E-state index is -0.801. The van der Waals surface area contributed by atoms with E-state index in [1.807, 2.05) is 42.5 Å². The van der Waals surface area contributed by atoms with Crippen LogP contribution in [-0.2, 0) is 0 Å². The molecule has 0 saturated heterocycles. The van der Waals surface area contributed by atoms with Gasteiger partial charge >= 0.3 is 0 Å². The number of hydrogen-bond acceptors (Lipinski definition) is 4. The third-order valence-corrected chi connectivity index (χ3v) is 4.12. The second-order valence-electron chi connectivity index (χ2n) is 5.43. The van der Waals surface area contributed by atoms with Gasteiger partial charge in [0, 0.05) is 0 Å². The van der Waals surface area contributed by atoms with Crippen molar-refractivity contribution in [1.82, 2.24) is 0 Å². The molecule has 3 aromatic rings. The quantitative estimate of drug-likeness (QED) is 0.772. The number of ether oxygens (including phenoxy) is 3. The summed E-state index contributed by atoms with van der Waals surface area (Å²) in [5.41, 5.74) is 1.52. The Hall–Kier alpha value is -2.72. The van der Waals surface area contributed by atoms with Crippen LogP contribution in [0.4, 0.5) is 0 Å². The Morgan fingerprint density at radius 2 is 1.42 bits per heavy atom. The molecular formula is C20H20O4. The van der Waals surface area contributed by atoms with Crippen LogP contribution in [0.2, 0.25) is 0 Å². The van der Waals surface area contributed by atoms with E-state index < -0.39 is 6.10 Å². The second-order valence-corrected chi connectivity index (χ2v) is 5.43. The first-order valence-corrected chi connectivity index (χ1v) is 7.65. The fourth-order valence-electron chi connectivity index (χ4n) is 2.93. The van der Waals surface area contributed by atoms with Gasteiger partial charge in [-0.15, -0.1) is 0 Å². The SMILES string of the molecule is COc1cc(C(O)c2cccc3ccccc23)cc(OC)c1OC. The molecule has 0 radical (unpaired) electrons. The van der Waals surface area contributed by atoms with Crippen molar-refractivity contribution in [3.05, 3.63) is 65.7 Å². The summed E-state index contributed by atoms with van der Waals surface area (Å²) in [5.74, 6) is 1.55. The van der Waals surface area contributed by atoms with Gasteiger partial charge in [0.15, 0.2) is 11.5 Å². The van der Waals surface area contributed by atoms with Crippen molar-refractivity contribution in [3.8, 4) is 17.2 Å². The van der Waals surface area contributed by atoms with E-state index in [-0.39, 0.29) is 0 Å². The minimum absolute atomic E-state index is 0.508. The first-order valence-electron chi connectivity index (χ1n) is 7.65. The Kier molecular flexibility index (Phi) is 4.58. The molecule has 0 amide bonds. The van der Waals surface area contributed by atoms with Gasteiger partial charge in [-0.3, -0.25) is 0 Å². The minimum Gasteiger partial charge on any atom is -0.493 e. The molecule has 124 valence electrons. The molecule has 24 heavy (non-hydrogen) atoms. The third-order valence-electron chi connectivity index (χ3n) is 4.12. The molecule has 0 aliphatic heterocycles. The van der Waals surface area contributed by atoms with Crippen molar-refractivity contribution in [1.29, 1.82) is 0 Å². The van der Waals surface area contributed by atoms with E-state index in [1.54, 1.807) is 33.5 Å². The summed E-state index contributed by atoms with van der Waals surface area (Å²) >= 11 is 0. The summed E-state index contributed by atoms with van der Waals surface area (Å²) < 4.78 is 16.1. The van der Waals surface area contributed by atoms with Gasteiger partial charge in [0.25, 0.3) is 0 Å². The van der Waals surface area contributed by atoms with Crippen LogP contribution >= 0.6 is 0 Å². The molecule has 4 heteroatoms. The summed E-state index contributed by atoms with van der Waals surface area (Å²) in [4.78, 5) is 0. The molecule has 0 aliphatic carbocycles. The van der Waals surface area contributed by atoms with Gasteiger partial charge in [-0.25, -0.2) is 0 Å². The summed E-state index contributed by atoms with van der Waals surface area (Å²) in [6, 6.07) is 17.4. The van der Waals surface area contributed by atoms with Crippen LogP contribution in [0.25, 0.3) is 10.8 Å². The van der Waals surface area contributed by atoms with Crippen molar-refractivity contribution in [2.75, 3.05) is 21.3 Å². The van der Waals surface area contributed by atoms with Crippen LogP contribution in [0.3, 0.4) is 0 Å². The van der Waals surface area contributed by atoms with Gasteiger partial charge in [0.05, 0.1) is 21.3 Å². The summed E-state index contributed by atoms with van der Waals surface area (Å²) in [5, 5.41) is 13.0. The lowest BCUT2D eigenvalue weighted by Gasteiger charge is -2.18. The molecular weight excluding hydrogens is 304 g/mol. The molecule has 1 atom stereocenters. The lowest BCUT2D eigenvalue weighted by atomic mass is 9.95. The maximum absolute atomic E-state index is 10.9. The number of methoxy groups -OCH3 is 3. The van der Waals surface area contributed by atoms with E-state index in [2.05, 4.69) is 0 Å². The zero-order valence-corrected chi connectivity index (χ0v) is 13.9. The maximum Gasteiger partial charge on any atom is 0.203 e. The number of aliphatic hydroxyl groups excluding tert-OH is 1. The van der Waals surface area contributed by atoms with Crippen LogP contribution < -0.4 is 14.2 Å². The Morgan fingerprint density at radius 1 is 0.792 bits per heavy atom. The number of hydrogen-bond donors (Lipinski definition) is 1. The van der Waals surface area contributed by atoms with E-state index in [9.17, 15) is 5.11 Å². The highest BCUT2D eigenvalue weighted by Gasteiger charge is 2.19. The zero-order chi connectivity index (χ0) is 17.1. The molecule has 0 aromatic heterocycles. The average molecular weight is 324 g/mol. The molecule has 1 N–H and O–H groups in total. The largest absolute Gasteiger partial charge is 0.493 e. The first kappa shape index (κ1) is 16.1. The van der Waals surface area contributed by atoms with Gasteiger partial charge in [-0.1, -0.05) is 42.5 Å². The van der Waals surface area contributed by atoms with Crippen LogP contribution in [0.15, 0.2) is 54.6 Å². The van der Waals surface area contributed by atoms with E-state index in [1.165, 1.54) is 0 Å². The highest BCUT2D eigenvalue weighted by atomic mass is 16.5. The van der Waals surface area contributed by atoms with E-state index in [0.29, 0.717) is 22.8 Å². The predicted molar refractivity (Wildman–Crippen MR) is 94.1 cm³/mol. The molecule has 0 heterocycles. The van der Waals surface area contributed by atoms with Crippen molar-refractivity contribution in [3.63, 3.8) is 0 Å². The summed E-state index contributed by atoms with van der Waals surface area (Å²) in [6.07, 6.45) is -0.801. The van der Waals surface area contributed by atoms with Crippen molar-refractivity contribution >= 4 is 10.8 Å². The molecule has 0 aliphatic rings. The van der Waals surface area contributed by atoms with Crippen LogP contribution in [-0.4, -0.2) is 26.4 Å². The number of aliphatic hydroxyl groups is 1. The molecule has 0 bridgehead atoms. The summed E-state index contributed by atoms with van der Waals surface area (Å²) in [7, 11) is 4.68. The van der Waals surface area contributed by atoms with Crippen LogP contribution in [0, 0.1) is 0 Å². The van der Waals surface area contributed by atoms with E-state index >= 15 is 0 Å². The van der Waals surface area contributed by atoms with E-state index in [4.69, 9.17) is 14.2 Å². The van der Waals surface area contributed by atoms with Crippen LogP contribution in [0.1, 0.15) is 17.2 Å². The molecule has 0 spiro atoms.